The third kappa shape index (κ3) is 2.96. The molecule has 0 aromatic heterocycles. The van der Waals surface area contributed by atoms with Crippen LogP contribution in [0.3, 0.4) is 0 Å². The standard InChI is InChI=1S/C15H19Cl2NO/c1-10-4-6-15(9-18,7-5-10)14(19)12-8-11(16)2-3-13(12)17/h2-3,8,10H,4-7,9,18H2,1H3. The Hall–Kier alpha value is -0.570. The van der Waals surface area contributed by atoms with Crippen LogP contribution < -0.4 is 5.73 Å². The average molecular weight is 300 g/mol. The summed E-state index contributed by atoms with van der Waals surface area (Å²) >= 11 is 12.1. The van der Waals surface area contributed by atoms with Gasteiger partial charge in [-0.15, -0.1) is 0 Å². The van der Waals surface area contributed by atoms with Crippen LogP contribution in [0.5, 0.6) is 0 Å². The second kappa shape index (κ2) is 5.82. The Morgan fingerprint density at radius 1 is 1.37 bits per heavy atom. The molecule has 0 unspecified atom stereocenters. The number of ketones is 1. The maximum atomic E-state index is 12.8. The van der Waals surface area contributed by atoms with E-state index < -0.39 is 5.41 Å². The van der Waals surface area contributed by atoms with Gasteiger partial charge in [0.2, 0.25) is 0 Å². The zero-order chi connectivity index (χ0) is 14.0. The van der Waals surface area contributed by atoms with Crippen LogP contribution in [0.1, 0.15) is 43.0 Å². The Morgan fingerprint density at radius 2 is 2.00 bits per heavy atom. The summed E-state index contributed by atoms with van der Waals surface area (Å²) < 4.78 is 0. The van der Waals surface area contributed by atoms with Crippen molar-refractivity contribution in [3.05, 3.63) is 33.8 Å². The number of benzene rings is 1. The Balaban J connectivity index is 2.33. The molecule has 1 fully saturated rings. The Morgan fingerprint density at radius 3 is 2.58 bits per heavy atom. The molecule has 0 amide bonds. The lowest BCUT2D eigenvalue weighted by Gasteiger charge is -2.37. The van der Waals surface area contributed by atoms with Gasteiger partial charge in [-0.1, -0.05) is 30.1 Å². The van der Waals surface area contributed by atoms with Gasteiger partial charge in [-0.3, -0.25) is 4.79 Å². The Bertz CT molecular complexity index is 479. The first-order chi connectivity index (χ1) is 8.98. The van der Waals surface area contributed by atoms with Gasteiger partial charge in [-0.2, -0.15) is 0 Å². The second-order valence-corrected chi connectivity index (χ2v) is 6.46. The highest BCUT2D eigenvalue weighted by Crippen LogP contribution is 2.41. The summed E-state index contributed by atoms with van der Waals surface area (Å²) in [7, 11) is 0. The largest absolute Gasteiger partial charge is 0.329 e. The topological polar surface area (TPSA) is 43.1 Å². The number of carbonyl (C=O) groups is 1. The van der Waals surface area contributed by atoms with E-state index in [4.69, 9.17) is 28.9 Å². The number of rotatable bonds is 3. The summed E-state index contributed by atoms with van der Waals surface area (Å²) in [5.74, 6) is 0.719. The monoisotopic (exact) mass is 299 g/mol. The van der Waals surface area contributed by atoms with Crippen LogP contribution >= 0.6 is 23.2 Å². The molecule has 2 nitrogen and oxygen atoms in total. The van der Waals surface area contributed by atoms with E-state index in [-0.39, 0.29) is 5.78 Å². The van der Waals surface area contributed by atoms with Gasteiger partial charge in [0, 0.05) is 22.5 Å². The molecular formula is C15H19Cl2NO. The smallest absolute Gasteiger partial charge is 0.171 e. The molecular weight excluding hydrogens is 281 g/mol. The molecule has 1 aromatic carbocycles. The molecule has 0 heterocycles. The predicted molar refractivity (Wildman–Crippen MR) is 79.9 cm³/mol. The van der Waals surface area contributed by atoms with Crippen LogP contribution in [-0.2, 0) is 0 Å². The SMILES string of the molecule is CC1CCC(CN)(C(=O)c2cc(Cl)ccc2Cl)CC1. The lowest BCUT2D eigenvalue weighted by molar-refractivity contribution is 0.0695. The van der Waals surface area contributed by atoms with Gasteiger partial charge < -0.3 is 5.73 Å². The third-order valence-electron chi connectivity index (χ3n) is 4.28. The van der Waals surface area contributed by atoms with Crippen LogP contribution in [0.4, 0.5) is 0 Å². The molecule has 19 heavy (non-hydrogen) atoms. The molecule has 1 aliphatic rings. The van der Waals surface area contributed by atoms with Gasteiger partial charge in [0.25, 0.3) is 0 Å². The minimum atomic E-state index is -0.458. The van der Waals surface area contributed by atoms with Crippen molar-refractivity contribution in [3.8, 4) is 0 Å². The number of hydrogen-bond acceptors (Lipinski definition) is 2. The van der Waals surface area contributed by atoms with Crippen LogP contribution in [-0.4, -0.2) is 12.3 Å². The minimum Gasteiger partial charge on any atom is -0.329 e. The summed E-state index contributed by atoms with van der Waals surface area (Å²) in [4.78, 5) is 12.8. The van der Waals surface area contributed by atoms with E-state index in [1.165, 1.54) is 0 Å². The first-order valence-electron chi connectivity index (χ1n) is 6.68. The third-order valence-corrected chi connectivity index (χ3v) is 4.84. The molecule has 0 bridgehead atoms. The van der Waals surface area contributed by atoms with Crippen molar-refractivity contribution in [2.75, 3.05) is 6.54 Å². The molecule has 1 aliphatic carbocycles. The maximum Gasteiger partial charge on any atom is 0.171 e. The summed E-state index contributed by atoms with van der Waals surface area (Å²) in [6, 6.07) is 5.02. The summed E-state index contributed by atoms with van der Waals surface area (Å²) in [5.41, 5.74) is 5.96. The molecule has 4 heteroatoms. The highest BCUT2D eigenvalue weighted by atomic mass is 35.5. The van der Waals surface area contributed by atoms with E-state index in [1.54, 1.807) is 18.2 Å². The van der Waals surface area contributed by atoms with E-state index in [1.807, 2.05) is 0 Å². The molecule has 1 saturated carbocycles. The molecule has 0 radical (unpaired) electrons. The first kappa shape index (κ1) is 14.8. The molecule has 0 atom stereocenters. The zero-order valence-corrected chi connectivity index (χ0v) is 12.6. The van der Waals surface area contributed by atoms with Crippen molar-refractivity contribution >= 4 is 29.0 Å². The van der Waals surface area contributed by atoms with Crippen LogP contribution in [0.2, 0.25) is 10.0 Å². The number of hydrogen-bond donors (Lipinski definition) is 1. The number of carbonyl (C=O) groups excluding carboxylic acids is 1. The molecule has 1 aromatic rings. The molecule has 104 valence electrons. The lowest BCUT2D eigenvalue weighted by Crippen LogP contribution is -2.41. The van der Waals surface area contributed by atoms with E-state index in [0.29, 0.717) is 28.1 Å². The number of halogens is 2. The highest BCUT2D eigenvalue weighted by Gasteiger charge is 2.40. The Labute approximate surface area is 124 Å². The summed E-state index contributed by atoms with van der Waals surface area (Å²) in [6.07, 6.45) is 3.76. The number of nitrogens with two attached hydrogens (primary N) is 1. The molecule has 2 rings (SSSR count). The fourth-order valence-electron chi connectivity index (χ4n) is 2.80. The maximum absolute atomic E-state index is 12.8. The van der Waals surface area contributed by atoms with Crippen molar-refractivity contribution in [2.24, 2.45) is 17.1 Å². The quantitative estimate of drug-likeness (QED) is 0.844. The van der Waals surface area contributed by atoms with Crippen molar-refractivity contribution < 1.29 is 4.79 Å². The molecule has 0 saturated heterocycles. The second-order valence-electron chi connectivity index (χ2n) is 5.62. The molecule has 2 N–H and O–H groups in total. The van der Waals surface area contributed by atoms with Gasteiger partial charge in [0.05, 0.1) is 5.02 Å². The van der Waals surface area contributed by atoms with Crippen molar-refractivity contribution in [3.63, 3.8) is 0 Å². The Kier molecular flexibility index (Phi) is 4.54. The molecule has 0 spiro atoms. The first-order valence-corrected chi connectivity index (χ1v) is 7.44. The zero-order valence-electron chi connectivity index (χ0n) is 11.1. The number of Topliss-reactive ketones (excluding diaryl/α,β-unsaturated/α-hetero) is 1. The van der Waals surface area contributed by atoms with Crippen LogP contribution in [0.15, 0.2) is 18.2 Å². The van der Waals surface area contributed by atoms with Crippen LogP contribution in [0, 0.1) is 11.3 Å². The van der Waals surface area contributed by atoms with Crippen molar-refractivity contribution in [1.29, 1.82) is 0 Å². The van der Waals surface area contributed by atoms with Gasteiger partial charge in [0.1, 0.15) is 0 Å². The fourth-order valence-corrected chi connectivity index (χ4v) is 3.17. The average Bonchev–Trinajstić information content (AvgIpc) is 2.42. The lowest BCUT2D eigenvalue weighted by atomic mass is 9.67. The summed E-state index contributed by atoms with van der Waals surface area (Å²) in [6.45, 7) is 2.60. The van der Waals surface area contributed by atoms with Gasteiger partial charge in [-0.05, 0) is 49.8 Å². The van der Waals surface area contributed by atoms with Gasteiger partial charge in [-0.25, -0.2) is 0 Å². The normalized spacial score (nSPS) is 27.3. The summed E-state index contributed by atoms with van der Waals surface area (Å²) in [5, 5.41) is 0.991. The predicted octanol–water partition coefficient (Wildman–Crippen LogP) is 4.33. The van der Waals surface area contributed by atoms with Gasteiger partial charge in [0.15, 0.2) is 5.78 Å². The van der Waals surface area contributed by atoms with E-state index in [9.17, 15) is 4.79 Å². The highest BCUT2D eigenvalue weighted by molar-refractivity contribution is 6.36. The van der Waals surface area contributed by atoms with Crippen LogP contribution in [0.25, 0.3) is 0 Å². The van der Waals surface area contributed by atoms with Crippen molar-refractivity contribution in [1.82, 2.24) is 0 Å². The minimum absolute atomic E-state index is 0.0504. The van der Waals surface area contributed by atoms with Crippen molar-refractivity contribution in [2.45, 2.75) is 32.6 Å². The molecule has 0 aliphatic heterocycles. The van der Waals surface area contributed by atoms with E-state index in [2.05, 4.69) is 6.92 Å². The fraction of sp³-hybridized carbons (Fsp3) is 0.533. The van der Waals surface area contributed by atoms with Gasteiger partial charge >= 0.3 is 0 Å². The van der Waals surface area contributed by atoms with E-state index in [0.717, 1.165) is 25.7 Å². The van der Waals surface area contributed by atoms with E-state index >= 15 is 0 Å².